The van der Waals surface area contributed by atoms with Gasteiger partial charge in [-0.3, -0.25) is 4.79 Å². The number of rotatable bonds is 2. The zero-order valence-electron chi connectivity index (χ0n) is 15.2. The molecule has 3 aliphatic rings. The average Bonchev–Trinajstić information content (AvgIpc) is 2.62. The molecule has 0 aromatic heterocycles. The van der Waals surface area contributed by atoms with Gasteiger partial charge in [-0.05, 0) is 53.1 Å². The number of hydrogen-bond acceptors (Lipinski definition) is 4. The van der Waals surface area contributed by atoms with Gasteiger partial charge in [-0.25, -0.2) is 0 Å². The molecule has 0 saturated heterocycles. The second kappa shape index (κ2) is 5.79. The fourth-order valence-electron chi connectivity index (χ4n) is 5.55. The molecule has 0 spiro atoms. The van der Waals surface area contributed by atoms with Crippen molar-refractivity contribution in [2.75, 3.05) is 6.61 Å². The molecule has 0 aromatic carbocycles. The van der Waals surface area contributed by atoms with E-state index in [-0.39, 0.29) is 35.1 Å². The lowest BCUT2D eigenvalue weighted by molar-refractivity contribution is -0.117. The standard InChI is InChI=1S/C20H30O4/c1-11(2)16-18(24)17(23)14-9-13-12(10-21)15(22)5-6-19(13,3)7-8-20(14,16)4/h9,11,16-18,21,23-24H,5-8,10H2,1-4H3/t16-,17-,18-,19-,20-/m0/s1. The van der Waals surface area contributed by atoms with E-state index >= 15 is 0 Å². The molecule has 3 aliphatic carbocycles. The molecule has 0 unspecified atom stereocenters. The second-order valence-corrected chi connectivity index (χ2v) is 8.76. The number of carbonyl (C=O) groups is 1. The van der Waals surface area contributed by atoms with Gasteiger partial charge in [-0.1, -0.05) is 33.8 Å². The number of aliphatic hydroxyl groups is 3. The van der Waals surface area contributed by atoms with Crippen LogP contribution >= 0.6 is 0 Å². The normalized spacial score (nSPS) is 42.8. The van der Waals surface area contributed by atoms with Crippen LogP contribution in [0.5, 0.6) is 0 Å². The minimum Gasteiger partial charge on any atom is -0.392 e. The van der Waals surface area contributed by atoms with Crippen molar-refractivity contribution in [3.05, 3.63) is 22.8 Å². The van der Waals surface area contributed by atoms with Crippen molar-refractivity contribution in [1.29, 1.82) is 0 Å². The molecule has 134 valence electrons. The summed E-state index contributed by atoms with van der Waals surface area (Å²) < 4.78 is 0. The maximum atomic E-state index is 12.3. The third-order valence-electron chi connectivity index (χ3n) is 6.99. The van der Waals surface area contributed by atoms with Crippen LogP contribution in [0.1, 0.15) is 53.4 Å². The monoisotopic (exact) mass is 334 g/mol. The zero-order valence-corrected chi connectivity index (χ0v) is 15.2. The van der Waals surface area contributed by atoms with E-state index in [1.807, 2.05) is 6.08 Å². The minimum absolute atomic E-state index is 0.00335. The van der Waals surface area contributed by atoms with Gasteiger partial charge < -0.3 is 15.3 Å². The van der Waals surface area contributed by atoms with Gasteiger partial charge in [-0.2, -0.15) is 0 Å². The quantitative estimate of drug-likeness (QED) is 0.724. The number of carbonyl (C=O) groups excluding carboxylic acids is 1. The Morgan fingerprint density at radius 2 is 1.88 bits per heavy atom. The van der Waals surface area contributed by atoms with Gasteiger partial charge >= 0.3 is 0 Å². The third kappa shape index (κ3) is 2.34. The molecule has 4 nitrogen and oxygen atoms in total. The van der Waals surface area contributed by atoms with Gasteiger partial charge in [0.2, 0.25) is 0 Å². The van der Waals surface area contributed by atoms with E-state index in [2.05, 4.69) is 27.7 Å². The summed E-state index contributed by atoms with van der Waals surface area (Å²) in [6.07, 6.45) is 3.33. The molecule has 0 radical (unpaired) electrons. The highest BCUT2D eigenvalue weighted by Crippen LogP contribution is 2.59. The Bertz CT molecular complexity index is 617. The van der Waals surface area contributed by atoms with Crippen LogP contribution in [0.2, 0.25) is 0 Å². The van der Waals surface area contributed by atoms with E-state index in [0.29, 0.717) is 12.0 Å². The summed E-state index contributed by atoms with van der Waals surface area (Å²) in [6, 6.07) is 0. The van der Waals surface area contributed by atoms with Crippen molar-refractivity contribution in [2.45, 2.75) is 65.6 Å². The van der Waals surface area contributed by atoms with Crippen LogP contribution in [0.3, 0.4) is 0 Å². The smallest absolute Gasteiger partial charge is 0.161 e. The van der Waals surface area contributed by atoms with E-state index < -0.39 is 12.2 Å². The zero-order chi connectivity index (χ0) is 17.9. The molecule has 24 heavy (non-hydrogen) atoms. The number of allylic oxidation sites excluding steroid dienone is 2. The molecule has 0 bridgehead atoms. The Kier molecular flexibility index (Phi) is 4.30. The van der Waals surface area contributed by atoms with E-state index in [1.165, 1.54) is 0 Å². The van der Waals surface area contributed by atoms with Crippen LogP contribution in [0.4, 0.5) is 0 Å². The van der Waals surface area contributed by atoms with Crippen molar-refractivity contribution < 1.29 is 20.1 Å². The molecule has 0 aliphatic heterocycles. The topological polar surface area (TPSA) is 77.8 Å². The van der Waals surface area contributed by atoms with Gasteiger partial charge in [0.15, 0.2) is 5.78 Å². The summed E-state index contributed by atoms with van der Waals surface area (Å²) in [5.74, 6) is 0.265. The maximum Gasteiger partial charge on any atom is 0.161 e. The van der Waals surface area contributed by atoms with Gasteiger partial charge in [0.1, 0.15) is 6.10 Å². The van der Waals surface area contributed by atoms with E-state index in [9.17, 15) is 20.1 Å². The molecule has 1 fully saturated rings. The Hall–Kier alpha value is -0.970. The summed E-state index contributed by atoms with van der Waals surface area (Å²) in [5.41, 5.74) is 1.81. The number of fused-ring (bicyclic) bond motifs is 2. The molecule has 3 rings (SSSR count). The van der Waals surface area contributed by atoms with E-state index in [0.717, 1.165) is 30.4 Å². The number of aliphatic hydroxyl groups excluding tert-OH is 3. The summed E-state index contributed by atoms with van der Waals surface area (Å²) in [7, 11) is 0. The van der Waals surface area contributed by atoms with Crippen molar-refractivity contribution in [3.8, 4) is 0 Å². The highest BCUT2D eigenvalue weighted by Gasteiger charge is 2.56. The summed E-state index contributed by atoms with van der Waals surface area (Å²) in [4.78, 5) is 12.3. The molecule has 0 amide bonds. The van der Waals surface area contributed by atoms with Crippen molar-refractivity contribution >= 4 is 5.78 Å². The first-order valence-electron chi connectivity index (χ1n) is 9.11. The third-order valence-corrected chi connectivity index (χ3v) is 6.99. The van der Waals surface area contributed by atoms with Crippen LogP contribution in [0.15, 0.2) is 22.8 Å². The fourth-order valence-corrected chi connectivity index (χ4v) is 5.55. The largest absolute Gasteiger partial charge is 0.392 e. The van der Waals surface area contributed by atoms with Crippen LogP contribution < -0.4 is 0 Å². The molecule has 3 N–H and O–H groups in total. The van der Waals surface area contributed by atoms with Crippen molar-refractivity contribution in [1.82, 2.24) is 0 Å². The Labute approximate surface area is 144 Å². The minimum atomic E-state index is -0.894. The van der Waals surface area contributed by atoms with Crippen LogP contribution in [-0.4, -0.2) is 39.9 Å². The molecule has 1 saturated carbocycles. The predicted molar refractivity (Wildman–Crippen MR) is 92.2 cm³/mol. The first-order chi connectivity index (χ1) is 11.2. The lowest BCUT2D eigenvalue weighted by atomic mass is 9.65. The van der Waals surface area contributed by atoms with Crippen LogP contribution in [0.25, 0.3) is 0 Å². The summed E-state index contributed by atoms with van der Waals surface area (Å²) in [5, 5.41) is 31.1. The van der Waals surface area contributed by atoms with Crippen molar-refractivity contribution in [3.63, 3.8) is 0 Å². The van der Waals surface area contributed by atoms with E-state index in [1.54, 1.807) is 0 Å². The second-order valence-electron chi connectivity index (χ2n) is 8.76. The average molecular weight is 334 g/mol. The van der Waals surface area contributed by atoms with Crippen LogP contribution in [0, 0.1) is 22.7 Å². The highest BCUT2D eigenvalue weighted by atomic mass is 16.3. The van der Waals surface area contributed by atoms with Gasteiger partial charge in [-0.15, -0.1) is 0 Å². The fraction of sp³-hybridized carbons (Fsp3) is 0.750. The molecule has 0 heterocycles. The van der Waals surface area contributed by atoms with Crippen molar-refractivity contribution in [2.24, 2.45) is 22.7 Å². The van der Waals surface area contributed by atoms with Gasteiger partial charge in [0.25, 0.3) is 0 Å². The van der Waals surface area contributed by atoms with E-state index in [4.69, 9.17) is 0 Å². The molecule has 4 heteroatoms. The molecule has 5 atom stereocenters. The first-order valence-corrected chi connectivity index (χ1v) is 9.11. The first kappa shape index (κ1) is 17.8. The number of Topliss-reactive ketones (excluding diaryl/α,β-unsaturated/α-hetero) is 1. The number of ketones is 1. The summed E-state index contributed by atoms with van der Waals surface area (Å²) >= 11 is 0. The molecular weight excluding hydrogens is 304 g/mol. The predicted octanol–water partition coefficient (Wildman–Crippen LogP) is 2.38. The Morgan fingerprint density at radius 3 is 2.46 bits per heavy atom. The molecule has 0 aromatic rings. The van der Waals surface area contributed by atoms with Crippen LogP contribution in [-0.2, 0) is 4.79 Å². The molecular formula is C20H30O4. The lowest BCUT2D eigenvalue weighted by Crippen LogP contribution is -2.35. The number of hydrogen-bond donors (Lipinski definition) is 3. The summed E-state index contributed by atoms with van der Waals surface area (Å²) in [6.45, 7) is 8.24. The van der Waals surface area contributed by atoms with Gasteiger partial charge in [0, 0.05) is 12.0 Å². The Morgan fingerprint density at radius 1 is 1.21 bits per heavy atom. The lowest BCUT2D eigenvalue weighted by Gasteiger charge is -2.38. The highest BCUT2D eigenvalue weighted by molar-refractivity contribution is 5.98. The Balaban J connectivity index is 2.20. The maximum absolute atomic E-state index is 12.3. The van der Waals surface area contributed by atoms with Gasteiger partial charge in [0.05, 0.1) is 12.7 Å². The SMILES string of the molecule is CC(C)[C@H]1[C@H](O)[C@@H](O)C2=CC3=C(CO)C(=O)CC[C@@]3(C)CC[C@@]21C.